The fourth-order valence-corrected chi connectivity index (χ4v) is 6.95. The van der Waals surface area contributed by atoms with Gasteiger partial charge in [0.05, 0.1) is 0 Å². The molecule has 1 aromatic carbocycles. The van der Waals surface area contributed by atoms with Crippen LogP contribution in [0.25, 0.3) is 0 Å². The summed E-state index contributed by atoms with van der Waals surface area (Å²) in [6.45, 7) is 39.8. The second-order valence-electron chi connectivity index (χ2n) is 13.2. The zero-order chi connectivity index (χ0) is 26.8. The first-order valence-electron chi connectivity index (χ1n) is 14.5. The summed E-state index contributed by atoms with van der Waals surface area (Å²) in [7, 11) is 0. The third-order valence-electron chi connectivity index (χ3n) is 12.5. The Morgan fingerprint density at radius 3 is 0.333 bits per heavy atom. The summed E-state index contributed by atoms with van der Waals surface area (Å²) in [6.07, 6.45) is 0. The maximum Gasteiger partial charge on any atom is -0.0386 e. The van der Waals surface area contributed by atoms with Crippen LogP contribution in [-0.4, -0.2) is 0 Å². The van der Waals surface area contributed by atoms with Gasteiger partial charge in [-0.3, -0.25) is 0 Å². The van der Waals surface area contributed by atoms with Crippen LogP contribution in [-0.2, 0) is 0 Å². The zero-order valence-electron chi connectivity index (χ0n) is 26.4. The van der Waals surface area contributed by atoms with Crippen molar-refractivity contribution in [1.29, 1.82) is 0 Å². The molecule has 0 saturated heterocycles. The van der Waals surface area contributed by atoms with Crippen molar-refractivity contribution in [3.05, 3.63) is 33.4 Å². The van der Waals surface area contributed by atoms with Crippen molar-refractivity contribution in [2.75, 3.05) is 0 Å². The molecule has 0 N–H and O–H groups in total. The molecule has 0 aromatic heterocycles. The van der Waals surface area contributed by atoms with Gasteiger partial charge in [0.25, 0.3) is 0 Å². The van der Waals surface area contributed by atoms with E-state index in [0.717, 1.165) is 65.1 Å². The largest absolute Gasteiger partial charge is 0.0776 e. The molecular formula is C36H70. The minimum Gasteiger partial charge on any atom is -0.0776 e. The molecule has 2 saturated carbocycles. The second kappa shape index (κ2) is 15.0. The second-order valence-corrected chi connectivity index (χ2v) is 13.2. The summed E-state index contributed by atoms with van der Waals surface area (Å²) in [5.74, 6) is 10.1. The molecule has 0 aliphatic heterocycles. The van der Waals surface area contributed by atoms with E-state index in [4.69, 9.17) is 0 Å². The highest BCUT2D eigenvalue weighted by molar-refractivity contribution is 5.48. The van der Waals surface area contributed by atoms with Crippen molar-refractivity contribution in [3.8, 4) is 0 Å². The molecule has 0 heterocycles. The van der Waals surface area contributed by atoms with Crippen LogP contribution in [0.5, 0.6) is 0 Å². The van der Waals surface area contributed by atoms with Gasteiger partial charge in [0.15, 0.2) is 0 Å². The predicted molar refractivity (Wildman–Crippen MR) is 169 cm³/mol. The number of benzene rings is 1. The van der Waals surface area contributed by atoms with Crippen LogP contribution < -0.4 is 0 Å². The van der Waals surface area contributed by atoms with Crippen LogP contribution >= 0.6 is 0 Å². The lowest BCUT2D eigenvalue weighted by atomic mass is 9.60. The molecule has 0 nitrogen and oxygen atoms in total. The van der Waals surface area contributed by atoms with Crippen LogP contribution in [0, 0.1) is 107 Å². The Labute approximate surface area is 230 Å². The predicted octanol–water partition coefficient (Wildman–Crippen LogP) is 11.8. The number of hydrogen-bond acceptors (Lipinski definition) is 0. The van der Waals surface area contributed by atoms with E-state index < -0.39 is 0 Å². The summed E-state index contributed by atoms with van der Waals surface area (Å²) < 4.78 is 0. The lowest BCUT2D eigenvalue weighted by molar-refractivity contribution is 0.0302. The molecule has 0 atom stereocenters. The van der Waals surface area contributed by atoms with Crippen molar-refractivity contribution in [2.45, 2.75) is 133 Å². The van der Waals surface area contributed by atoms with Gasteiger partial charge in [0, 0.05) is 0 Å². The van der Waals surface area contributed by atoms with E-state index in [2.05, 4.69) is 118 Å². The van der Waals surface area contributed by atoms with Crippen LogP contribution in [0.15, 0.2) is 0 Å². The fraction of sp³-hybridized carbons (Fsp3) is 0.833. The van der Waals surface area contributed by atoms with Gasteiger partial charge in [-0.15, -0.1) is 0 Å². The van der Waals surface area contributed by atoms with Gasteiger partial charge in [-0.1, -0.05) is 91.0 Å². The monoisotopic (exact) mass is 503 g/mol. The van der Waals surface area contributed by atoms with Gasteiger partial charge < -0.3 is 0 Å². The van der Waals surface area contributed by atoms with Gasteiger partial charge in [0.2, 0.25) is 0 Å². The fourth-order valence-electron chi connectivity index (χ4n) is 6.95. The van der Waals surface area contributed by atoms with Gasteiger partial charge in [-0.25, -0.2) is 0 Å². The van der Waals surface area contributed by atoms with E-state index in [-0.39, 0.29) is 14.9 Å². The summed E-state index contributed by atoms with van der Waals surface area (Å²) in [6, 6.07) is 0. The molecule has 1 aromatic rings. The lowest BCUT2D eigenvalue weighted by Crippen LogP contribution is -2.39. The van der Waals surface area contributed by atoms with Gasteiger partial charge in [0.1, 0.15) is 0 Å². The maximum atomic E-state index is 2.42. The molecule has 2 fully saturated rings. The Hall–Kier alpha value is -0.780. The molecule has 0 heteroatoms. The highest BCUT2D eigenvalue weighted by Gasteiger charge is 2.39. The van der Waals surface area contributed by atoms with Gasteiger partial charge in [-0.2, -0.15) is 0 Å². The molecule has 3 rings (SSSR count). The molecule has 2 aliphatic rings. The summed E-state index contributed by atoms with van der Waals surface area (Å²) >= 11 is 0. The van der Waals surface area contributed by atoms with Crippen molar-refractivity contribution in [2.24, 2.45) is 65.1 Å². The first kappa shape index (κ1) is 37.4. The Morgan fingerprint density at radius 2 is 0.278 bits per heavy atom. The Kier molecular flexibility index (Phi) is 15.5. The summed E-state index contributed by atoms with van der Waals surface area (Å²) in [5.41, 5.74) is 8.73. The van der Waals surface area contributed by atoms with Crippen LogP contribution in [0.4, 0.5) is 0 Å². The topological polar surface area (TPSA) is 0 Å². The van der Waals surface area contributed by atoms with E-state index in [0.29, 0.717) is 0 Å². The molecule has 0 unspecified atom stereocenters. The number of rotatable bonds is 0. The molecule has 0 amide bonds. The van der Waals surface area contributed by atoms with Crippen molar-refractivity contribution < 1.29 is 0 Å². The molecule has 0 bridgehead atoms. The van der Waals surface area contributed by atoms with Crippen molar-refractivity contribution in [1.82, 2.24) is 0 Å². The van der Waals surface area contributed by atoms with E-state index in [1.165, 1.54) is 33.4 Å². The van der Waals surface area contributed by atoms with Crippen molar-refractivity contribution in [3.63, 3.8) is 0 Å². The molecule has 214 valence electrons. The van der Waals surface area contributed by atoms with Crippen LogP contribution in [0.3, 0.4) is 0 Å². The van der Waals surface area contributed by atoms with E-state index in [1.807, 2.05) is 0 Å². The van der Waals surface area contributed by atoms with E-state index in [1.54, 1.807) is 0 Å². The SMILES string of the molecule is C.C.CC1C(C)C(C)C(C)C(C)C1C.CC1C(C)C(C)C(C)C1C.Cc1c(C)c(C)c(C)c(C)c1C. The van der Waals surface area contributed by atoms with Gasteiger partial charge >= 0.3 is 0 Å². The van der Waals surface area contributed by atoms with Gasteiger partial charge in [-0.05, 0) is 140 Å². The van der Waals surface area contributed by atoms with Crippen LogP contribution in [0.2, 0.25) is 0 Å². The highest BCUT2D eigenvalue weighted by atomic mass is 14.4. The zero-order valence-corrected chi connectivity index (χ0v) is 26.4. The maximum absolute atomic E-state index is 2.42. The molecule has 0 spiro atoms. The summed E-state index contributed by atoms with van der Waals surface area (Å²) in [4.78, 5) is 0. The normalized spacial score (nSPS) is 37.4. The molecule has 2 aliphatic carbocycles. The third kappa shape index (κ3) is 7.63. The Balaban J connectivity index is 0. The molecule has 0 radical (unpaired) electrons. The number of hydrogen-bond donors (Lipinski definition) is 0. The molecular weight excluding hydrogens is 432 g/mol. The average molecular weight is 503 g/mol. The van der Waals surface area contributed by atoms with E-state index >= 15 is 0 Å². The standard InChI is InChI=1S/C12H24.C12H18.C10H20.2CH4/c2*1-7-8(2)10(4)12(6)11(5)9(7)3;1-6-7(2)9(4)10(5)8(6)3;;/h7-12H,1-6H3;1-6H3;6-10H,1-5H3;2*1H4. The minimum absolute atomic E-state index is 0. The minimum atomic E-state index is 0. The van der Waals surface area contributed by atoms with Crippen LogP contribution in [0.1, 0.15) is 124 Å². The smallest absolute Gasteiger partial charge is 0.0386 e. The quantitative estimate of drug-likeness (QED) is 0.331. The Bertz CT molecular complexity index is 577. The third-order valence-corrected chi connectivity index (χ3v) is 12.5. The Morgan fingerprint density at radius 1 is 0.222 bits per heavy atom. The average Bonchev–Trinajstić information content (AvgIpc) is 2.99. The van der Waals surface area contributed by atoms with Crippen molar-refractivity contribution >= 4 is 0 Å². The lowest BCUT2D eigenvalue weighted by Gasteiger charge is -2.45. The highest BCUT2D eigenvalue weighted by Crippen LogP contribution is 2.45. The first-order chi connectivity index (χ1) is 15.5. The first-order valence-corrected chi connectivity index (χ1v) is 14.5. The summed E-state index contributed by atoms with van der Waals surface area (Å²) in [5, 5.41) is 0. The van der Waals surface area contributed by atoms with E-state index in [9.17, 15) is 0 Å². The molecule has 36 heavy (non-hydrogen) atoms.